The molecule has 1 heterocycles. The van der Waals surface area contributed by atoms with Crippen molar-refractivity contribution < 1.29 is 19.1 Å². The smallest absolute Gasteiger partial charge is 0.349 e. The number of nitrogens with zero attached hydrogens (tertiary/aromatic N) is 1. The van der Waals surface area contributed by atoms with Crippen molar-refractivity contribution in [2.45, 2.75) is 72.8 Å². The number of ketones is 1. The number of ether oxygens (including phenoxy) is 2. The summed E-state index contributed by atoms with van der Waals surface area (Å²) >= 11 is 1.68. The number of benzene rings is 2. The number of aromatic nitrogens is 1. The van der Waals surface area contributed by atoms with E-state index in [1.807, 2.05) is 13.0 Å². The quantitative estimate of drug-likeness (QED) is 0.223. The van der Waals surface area contributed by atoms with Gasteiger partial charge in [0.15, 0.2) is 11.4 Å². The van der Waals surface area contributed by atoms with E-state index in [1.54, 1.807) is 44.2 Å². The molecule has 3 aromatic rings. The summed E-state index contributed by atoms with van der Waals surface area (Å²) in [6.45, 7) is 13.6. The Hall–Kier alpha value is -2.99. The molecule has 0 aliphatic heterocycles. The summed E-state index contributed by atoms with van der Waals surface area (Å²) in [5, 5.41) is 0.998. The molecule has 0 N–H and O–H groups in total. The lowest BCUT2D eigenvalue weighted by molar-refractivity contribution is -0.158. The van der Waals surface area contributed by atoms with Crippen molar-refractivity contribution in [1.82, 2.24) is 4.98 Å². The van der Waals surface area contributed by atoms with Crippen LogP contribution in [-0.4, -0.2) is 28.9 Å². The molecule has 5 nitrogen and oxygen atoms in total. The molecule has 0 aliphatic rings. The molecule has 186 valence electrons. The predicted octanol–water partition coefficient (Wildman–Crippen LogP) is 7.09. The number of carbonyl (C=O) groups is 2. The molecule has 0 radical (unpaired) electrons. The topological polar surface area (TPSA) is 65.5 Å². The Morgan fingerprint density at radius 3 is 2.34 bits per heavy atom. The van der Waals surface area contributed by atoms with Gasteiger partial charge < -0.3 is 9.47 Å². The number of rotatable bonds is 10. The maximum absolute atomic E-state index is 13.0. The van der Waals surface area contributed by atoms with Gasteiger partial charge in [-0.3, -0.25) is 4.79 Å². The van der Waals surface area contributed by atoms with Crippen molar-refractivity contribution in [2.75, 3.05) is 6.61 Å². The molecule has 0 fully saturated rings. The van der Waals surface area contributed by atoms with Gasteiger partial charge in [-0.1, -0.05) is 43.7 Å². The lowest BCUT2D eigenvalue weighted by Gasteiger charge is -2.25. The van der Waals surface area contributed by atoms with Gasteiger partial charge in [0.2, 0.25) is 0 Å². The summed E-state index contributed by atoms with van der Waals surface area (Å²) in [4.78, 5) is 31.2. The highest BCUT2D eigenvalue weighted by Crippen LogP contribution is 2.33. The zero-order valence-electron chi connectivity index (χ0n) is 21.7. The van der Waals surface area contributed by atoms with Crippen LogP contribution in [0.25, 0.3) is 10.6 Å². The normalized spacial score (nSPS) is 11.5. The van der Waals surface area contributed by atoms with E-state index >= 15 is 0 Å². The summed E-state index contributed by atoms with van der Waals surface area (Å²) in [5.74, 6) is 0.503. The van der Waals surface area contributed by atoms with E-state index in [9.17, 15) is 9.59 Å². The summed E-state index contributed by atoms with van der Waals surface area (Å²) in [6, 6.07) is 13.7. The summed E-state index contributed by atoms with van der Waals surface area (Å²) in [5.41, 5.74) is 3.72. The highest BCUT2D eigenvalue weighted by molar-refractivity contribution is 7.15. The second-order valence-corrected chi connectivity index (χ2v) is 10.7. The lowest BCUT2D eigenvalue weighted by atomic mass is 10.0. The van der Waals surface area contributed by atoms with Crippen molar-refractivity contribution in [3.05, 3.63) is 69.7 Å². The Morgan fingerprint density at radius 2 is 1.74 bits per heavy atom. The Labute approximate surface area is 212 Å². The van der Waals surface area contributed by atoms with Crippen LogP contribution < -0.4 is 4.74 Å². The van der Waals surface area contributed by atoms with Crippen LogP contribution in [-0.2, 0) is 16.0 Å². The number of esters is 1. The van der Waals surface area contributed by atoms with E-state index in [1.165, 1.54) is 5.56 Å². The zero-order valence-corrected chi connectivity index (χ0v) is 22.5. The molecule has 0 atom stereocenters. The van der Waals surface area contributed by atoms with Crippen LogP contribution in [0.1, 0.15) is 79.0 Å². The average Bonchev–Trinajstić information content (AvgIpc) is 3.24. The molecule has 0 saturated carbocycles. The summed E-state index contributed by atoms with van der Waals surface area (Å²) in [7, 11) is 0. The molecule has 0 spiro atoms. The number of thiazole rings is 1. The molecule has 3 rings (SSSR count). The molecule has 0 bridgehead atoms. The minimum atomic E-state index is -1.11. The van der Waals surface area contributed by atoms with Crippen molar-refractivity contribution in [2.24, 2.45) is 0 Å². The van der Waals surface area contributed by atoms with E-state index in [0.29, 0.717) is 30.8 Å². The summed E-state index contributed by atoms with van der Waals surface area (Å²) in [6.07, 6.45) is 1.06. The van der Waals surface area contributed by atoms with Gasteiger partial charge in [0.1, 0.15) is 10.8 Å². The molecule has 0 amide bonds. The Morgan fingerprint density at radius 1 is 1.06 bits per heavy atom. The zero-order chi connectivity index (χ0) is 25.8. The molecule has 1 aromatic heterocycles. The monoisotopic (exact) mass is 493 g/mol. The molecular weight excluding hydrogens is 458 g/mol. The first-order valence-corrected chi connectivity index (χ1v) is 12.9. The third-order valence-corrected chi connectivity index (χ3v) is 6.96. The molecule has 2 aromatic carbocycles. The predicted molar refractivity (Wildman–Crippen MR) is 142 cm³/mol. The maximum atomic E-state index is 13.0. The molecule has 6 heteroatoms. The molecule has 0 unspecified atom stereocenters. The number of hydrogen-bond donors (Lipinski definition) is 0. The fourth-order valence-electron chi connectivity index (χ4n) is 3.74. The van der Waals surface area contributed by atoms with Crippen molar-refractivity contribution >= 4 is 23.1 Å². The van der Waals surface area contributed by atoms with Crippen molar-refractivity contribution in [3.63, 3.8) is 0 Å². The largest absolute Gasteiger partial charge is 0.476 e. The van der Waals surface area contributed by atoms with Crippen LogP contribution in [0.3, 0.4) is 0 Å². The third-order valence-electron chi connectivity index (χ3n) is 5.78. The SMILES string of the molecule is CCOC(=O)C(C)(C)Oc1ccc(C(=O)CCc2sc(-c3ccc(C)cc3)nc2C(C)C)cc1C. The second-order valence-electron chi connectivity index (χ2n) is 9.58. The van der Waals surface area contributed by atoms with Gasteiger partial charge in [0.05, 0.1) is 12.3 Å². The lowest BCUT2D eigenvalue weighted by Crippen LogP contribution is -2.39. The highest BCUT2D eigenvalue weighted by atomic mass is 32.1. The Balaban J connectivity index is 1.72. The van der Waals surface area contributed by atoms with Gasteiger partial charge in [-0.15, -0.1) is 11.3 Å². The van der Waals surface area contributed by atoms with Gasteiger partial charge in [-0.2, -0.15) is 0 Å². The van der Waals surface area contributed by atoms with Crippen LogP contribution in [0, 0.1) is 13.8 Å². The number of carbonyl (C=O) groups excluding carboxylic acids is 2. The Kier molecular flexibility index (Phi) is 8.49. The minimum absolute atomic E-state index is 0.0734. The summed E-state index contributed by atoms with van der Waals surface area (Å²) < 4.78 is 11.0. The number of hydrogen-bond acceptors (Lipinski definition) is 6. The van der Waals surface area contributed by atoms with E-state index in [2.05, 4.69) is 45.0 Å². The Bertz CT molecular complexity index is 1190. The molecular formula is C29H35NO4S. The van der Waals surface area contributed by atoms with Gasteiger partial charge in [-0.05, 0) is 70.7 Å². The maximum Gasteiger partial charge on any atom is 0.349 e. The van der Waals surface area contributed by atoms with Gasteiger partial charge in [0.25, 0.3) is 0 Å². The van der Waals surface area contributed by atoms with Crippen LogP contribution in [0.4, 0.5) is 0 Å². The first-order valence-electron chi connectivity index (χ1n) is 12.1. The molecule has 35 heavy (non-hydrogen) atoms. The molecule has 0 aliphatic carbocycles. The first-order chi connectivity index (χ1) is 16.5. The van der Waals surface area contributed by atoms with E-state index < -0.39 is 11.6 Å². The second kappa shape index (κ2) is 11.2. The van der Waals surface area contributed by atoms with Crippen molar-refractivity contribution in [1.29, 1.82) is 0 Å². The van der Waals surface area contributed by atoms with Crippen molar-refractivity contribution in [3.8, 4) is 16.3 Å². The first kappa shape index (κ1) is 26.6. The minimum Gasteiger partial charge on any atom is -0.476 e. The number of aryl methyl sites for hydroxylation is 3. The standard InChI is InChI=1S/C29H35NO4S/c1-8-33-28(32)29(6,7)34-24-15-13-22(17-20(24)5)23(31)14-16-25-26(18(2)3)30-27(35-25)21-11-9-19(4)10-12-21/h9-13,15,17-18H,8,14,16H2,1-7H3. The van der Waals surface area contributed by atoms with E-state index in [4.69, 9.17) is 14.5 Å². The van der Waals surface area contributed by atoms with Crippen LogP contribution in [0.2, 0.25) is 0 Å². The fourth-order valence-corrected chi connectivity index (χ4v) is 4.96. The van der Waals surface area contributed by atoms with E-state index in [0.717, 1.165) is 26.7 Å². The van der Waals surface area contributed by atoms with E-state index in [-0.39, 0.29) is 11.7 Å². The van der Waals surface area contributed by atoms with Gasteiger partial charge >= 0.3 is 5.97 Å². The fraction of sp³-hybridized carbons (Fsp3) is 0.414. The highest BCUT2D eigenvalue weighted by Gasteiger charge is 2.32. The van der Waals surface area contributed by atoms with Crippen LogP contribution in [0.5, 0.6) is 5.75 Å². The number of Topliss-reactive ketones (excluding diaryl/α,β-unsaturated/α-hetero) is 1. The molecule has 0 saturated heterocycles. The average molecular weight is 494 g/mol. The third kappa shape index (κ3) is 6.57. The van der Waals surface area contributed by atoms with Gasteiger partial charge in [0, 0.05) is 22.4 Å². The van der Waals surface area contributed by atoms with Crippen LogP contribution >= 0.6 is 11.3 Å². The van der Waals surface area contributed by atoms with Crippen LogP contribution in [0.15, 0.2) is 42.5 Å². The van der Waals surface area contributed by atoms with Gasteiger partial charge in [-0.25, -0.2) is 9.78 Å².